The fraction of sp³-hybridized carbons (Fsp3) is 0.778. The Morgan fingerprint density at radius 2 is 1.84 bits per heavy atom. The third-order valence-corrected chi connectivity index (χ3v) is 4.73. The average molecular weight is 355 g/mol. The van der Waals surface area contributed by atoms with E-state index < -0.39 is 22.8 Å². The third kappa shape index (κ3) is 7.13. The number of amides is 2. The van der Waals surface area contributed by atoms with Crippen LogP contribution in [0.5, 0.6) is 0 Å². The molecule has 2 amide bonds. The summed E-state index contributed by atoms with van der Waals surface area (Å²) in [5, 5.41) is 14.8. The van der Waals surface area contributed by atoms with E-state index in [0.29, 0.717) is 12.5 Å². The van der Waals surface area contributed by atoms with E-state index in [2.05, 4.69) is 10.6 Å². The van der Waals surface area contributed by atoms with Crippen LogP contribution in [0.15, 0.2) is 11.8 Å². The lowest BCUT2D eigenvalue weighted by atomic mass is 9.90. The molecular weight excluding hydrogens is 322 g/mol. The minimum Gasteiger partial charge on any atom is -0.401 e. The molecule has 0 bridgehead atoms. The number of imide groups is 1. The number of carbonyl (C=O) groups is 2. The second kappa shape index (κ2) is 9.31. The van der Waals surface area contributed by atoms with Gasteiger partial charge in [-0.05, 0) is 45.6 Å². The Labute approximate surface area is 150 Å². The zero-order valence-corrected chi connectivity index (χ0v) is 15.9. The van der Waals surface area contributed by atoms with Crippen molar-refractivity contribution in [3.8, 4) is 0 Å². The standard InChI is InChI=1S/C18H33N3O4/c1-17(2,12-22)14(19)11-15(23)21-16(24)18(3,4)20-8-5-13-6-9-25-10-7-13/h11,13,20,22H,5-10,12,19H2,1-4H3,(H,21,23,24). The van der Waals surface area contributed by atoms with Gasteiger partial charge < -0.3 is 20.9 Å². The summed E-state index contributed by atoms with van der Waals surface area (Å²) in [6, 6.07) is 0. The van der Waals surface area contributed by atoms with Crippen molar-refractivity contribution in [3.63, 3.8) is 0 Å². The molecule has 1 saturated heterocycles. The van der Waals surface area contributed by atoms with Crippen molar-refractivity contribution in [2.24, 2.45) is 17.1 Å². The number of ether oxygens (including phenoxy) is 1. The molecule has 144 valence electrons. The van der Waals surface area contributed by atoms with Gasteiger partial charge in [-0.25, -0.2) is 0 Å². The second-order valence-corrected chi connectivity index (χ2v) is 7.86. The van der Waals surface area contributed by atoms with E-state index in [4.69, 9.17) is 10.5 Å². The van der Waals surface area contributed by atoms with E-state index in [0.717, 1.165) is 38.6 Å². The van der Waals surface area contributed by atoms with Gasteiger partial charge in [-0.15, -0.1) is 0 Å². The number of nitrogens with two attached hydrogens (primary N) is 1. The molecule has 1 fully saturated rings. The first-order valence-corrected chi connectivity index (χ1v) is 8.85. The summed E-state index contributed by atoms with van der Waals surface area (Å²) in [6.07, 6.45) is 4.24. The molecule has 0 unspecified atom stereocenters. The van der Waals surface area contributed by atoms with Gasteiger partial charge in [0, 0.05) is 30.4 Å². The molecule has 5 N–H and O–H groups in total. The van der Waals surface area contributed by atoms with Crippen LogP contribution in [0.25, 0.3) is 0 Å². The Morgan fingerprint density at radius 3 is 2.40 bits per heavy atom. The van der Waals surface area contributed by atoms with E-state index in [1.54, 1.807) is 27.7 Å². The number of aliphatic hydroxyl groups excluding tert-OH is 1. The molecule has 0 aromatic carbocycles. The normalized spacial score (nSPS) is 17.4. The van der Waals surface area contributed by atoms with Gasteiger partial charge in [0.15, 0.2) is 0 Å². The van der Waals surface area contributed by atoms with Crippen molar-refractivity contribution >= 4 is 11.8 Å². The van der Waals surface area contributed by atoms with Crippen LogP contribution in [0, 0.1) is 11.3 Å². The van der Waals surface area contributed by atoms with E-state index in [-0.39, 0.29) is 12.3 Å². The smallest absolute Gasteiger partial charge is 0.252 e. The number of hydrogen-bond donors (Lipinski definition) is 4. The molecule has 0 aromatic heterocycles. The van der Waals surface area contributed by atoms with Gasteiger partial charge in [-0.3, -0.25) is 14.9 Å². The van der Waals surface area contributed by atoms with Crippen LogP contribution in [-0.4, -0.2) is 48.8 Å². The summed E-state index contributed by atoms with van der Waals surface area (Å²) < 4.78 is 5.34. The quantitative estimate of drug-likeness (QED) is 0.476. The van der Waals surface area contributed by atoms with Crippen molar-refractivity contribution in [1.29, 1.82) is 0 Å². The molecule has 0 aliphatic carbocycles. The summed E-state index contributed by atoms with van der Waals surface area (Å²) in [7, 11) is 0. The Balaban J connectivity index is 2.47. The van der Waals surface area contributed by atoms with Crippen molar-refractivity contribution < 1.29 is 19.4 Å². The minimum atomic E-state index is -0.865. The largest absolute Gasteiger partial charge is 0.401 e. The van der Waals surface area contributed by atoms with Gasteiger partial charge in [-0.1, -0.05) is 13.8 Å². The van der Waals surface area contributed by atoms with E-state index in [1.807, 2.05) is 0 Å². The third-order valence-electron chi connectivity index (χ3n) is 4.73. The average Bonchev–Trinajstić information content (AvgIpc) is 2.55. The molecule has 1 rings (SSSR count). The van der Waals surface area contributed by atoms with Crippen LogP contribution < -0.4 is 16.4 Å². The molecule has 25 heavy (non-hydrogen) atoms. The van der Waals surface area contributed by atoms with Gasteiger partial charge in [0.25, 0.3) is 5.91 Å². The highest BCUT2D eigenvalue weighted by atomic mass is 16.5. The summed E-state index contributed by atoms with van der Waals surface area (Å²) in [4.78, 5) is 24.3. The van der Waals surface area contributed by atoms with Gasteiger partial charge in [0.05, 0.1) is 12.1 Å². The van der Waals surface area contributed by atoms with Gasteiger partial charge >= 0.3 is 0 Å². The minimum absolute atomic E-state index is 0.185. The number of rotatable bonds is 8. The van der Waals surface area contributed by atoms with Gasteiger partial charge in [-0.2, -0.15) is 0 Å². The van der Waals surface area contributed by atoms with Crippen molar-refractivity contribution in [2.45, 2.75) is 52.5 Å². The highest BCUT2D eigenvalue weighted by Gasteiger charge is 2.29. The van der Waals surface area contributed by atoms with Gasteiger partial charge in [0.1, 0.15) is 0 Å². The van der Waals surface area contributed by atoms with Crippen LogP contribution in [-0.2, 0) is 14.3 Å². The molecule has 0 atom stereocenters. The summed E-state index contributed by atoms with van der Waals surface area (Å²) in [6.45, 7) is 9.05. The number of hydrogen-bond acceptors (Lipinski definition) is 6. The molecule has 1 aliphatic rings. The molecule has 0 spiro atoms. The van der Waals surface area contributed by atoms with Gasteiger partial charge in [0.2, 0.25) is 5.91 Å². The zero-order valence-electron chi connectivity index (χ0n) is 15.9. The summed E-state index contributed by atoms with van der Waals surface area (Å²) >= 11 is 0. The predicted molar refractivity (Wildman–Crippen MR) is 96.5 cm³/mol. The Morgan fingerprint density at radius 1 is 1.24 bits per heavy atom. The SMILES string of the molecule is CC(C)(CO)C(N)=CC(=O)NC(=O)C(C)(C)NCCC1CCOCC1. The Hall–Kier alpha value is -1.44. The van der Waals surface area contributed by atoms with Crippen LogP contribution in [0.4, 0.5) is 0 Å². The molecule has 0 radical (unpaired) electrons. The Kier molecular flexibility index (Phi) is 8.05. The first-order valence-electron chi connectivity index (χ1n) is 8.85. The van der Waals surface area contributed by atoms with Crippen LogP contribution in [0.1, 0.15) is 47.0 Å². The maximum atomic E-state index is 12.3. The molecule has 0 saturated carbocycles. The van der Waals surface area contributed by atoms with Crippen LogP contribution in [0.2, 0.25) is 0 Å². The molecule has 7 nitrogen and oxygen atoms in total. The molecular formula is C18H33N3O4. The molecule has 0 aromatic rings. The molecule has 1 aliphatic heterocycles. The lowest BCUT2D eigenvalue weighted by molar-refractivity contribution is -0.131. The van der Waals surface area contributed by atoms with Crippen molar-refractivity contribution in [1.82, 2.24) is 10.6 Å². The monoisotopic (exact) mass is 355 g/mol. The first-order chi connectivity index (χ1) is 11.6. The maximum absolute atomic E-state index is 12.3. The first kappa shape index (κ1) is 21.6. The lowest BCUT2D eigenvalue weighted by Crippen LogP contribution is -2.54. The highest BCUT2D eigenvalue weighted by Crippen LogP contribution is 2.20. The van der Waals surface area contributed by atoms with Crippen LogP contribution in [0.3, 0.4) is 0 Å². The van der Waals surface area contributed by atoms with Crippen molar-refractivity contribution in [2.75, 3.05) is 26.4 Å². The number of carbonyl (C=O) groups excluding carboxylic acids is 2. The molecule has 1 heterocycles. The summed E-state index contributed by atoms with van der Waals surface area (Å²) in [5.41, 5.74) is 4.47. The Bertz CT molecular complexity index is 495. The summed E-state index contributed by atoms with van der Waals surface area (Å²) in [5.74, 6) is -0.371. The van der Waals surface area contributed by atoms with E-state index >= 15 is 0 Å². The number of aliphatic hydroxyl groups is 1. The maximum Gasteiger partial charge on any atom is 0.252 e. The van der Waals surface area contributed by atoms with Crippen molar-refractivity contribution in [3.05, 3.63) is 11.8 Å². The highest BCUT2D eigenvalue weighted by molar-refractivity contribution is 6.04. The zero-order chi connectivity index (χ0) is 19.1. The fourth-order valence-electron chi connectivity index (χ4n) is 2.44. The van der Waals surface area contributed by atoms with Crippen LogP contribution >= 0.6 is 0 Å². The lowest BCUT2D eigenvalue weighted by Gasteiger charge is -2.27. The number of nitrogens with one attached hydrogen (secondary N) is 2. The molecule has 7 heteroatoms. The fourth-order valence-corrected chi connectivity index (χ4v) is 2.44. The van der Waals surface area contributed by atoms with E-state index in [9.17, 15) is 14.7 Å². The van der Waals surface area contributed by atoms with E-state index in [1.165, 1.54) is 0 Å². The second-order valence-electron chi connectivity index (χ2n) is 7.86. The predicted octanol–water partition coefficient (Wildman–Crippen LogP) is 0.675. The topological polar surface area (TPSA) is 114 Å².